The van der Waals surface area contributed by atoms with Crippen LogP contribution in [0, 0.1) is 0 Å². The molecule has 0 radical (unpaired) electrons. The molecule has 0 aromatic rings. The van der Waals surface area contributed by atoms with Gasteiger partial charge in [0.25, 0.3) is 0 Å². The highest BCUT2D eigenvalue weighted by atomic mass is 31.1. The van der Waals surface area contributed by atoms with Gasteiger partial charge in [-0.05, 0) is 27.1 Å². The Kier molecular flexibility index (Phi) is 11.6. The molecule has 0 amide bonds. The van der Waals surface area contributed by atoms with Crippen molar-refractivity contribution >= 4 is 8.25 Å². The molecule has 0 aliphatic heterocycles. The van der Waals surface area contributed by atoms with Gasteiger partial charge >= 0.3 is 8.25 Å². The number of rotatable bonds is 2. The highest BCUT2D eigenvalue weighted by Gasteiger charge is 1.79. The molecule has 0 aromatic carbocycles. The van der Waals surface area contributed by atoms with E-state index in [9.17, 15) is 0 Å². The van der Waals surface area contributed by atoms with Gasteiger partial charge in [0.2, 0.25) is 0 Å². The van der Waals surface area contributed by atoms with Gasteiger partial charge < -0.3 is 14.7 Å². The van der Waals surface area contributed by atoms with Crippen LogP contribution >= 0.6 is 8.25 Å². The molecule has 0 heterocycles. The lowest BCUT2D eigenvalue weighted by atomic mass is 10.5. The molecule has 0 fully saturated rings. The van der Waals surface area contributed by atoms with E-state index < -0.39 is 8.25 Å². The topological polar surface area (TPSA) is 60.8 Å². The van der Waals surface area contributed by atoms with Gasteiger partial charge in [0.15, 0.2) is 0 Å². The summed E-state index contributed by atoms with van der Waals surface area (Å²) in [4.78, 5) is 16.5. The molecule has 64 valence electrons. The van der Waals surface area contributed by atoms with Crippen molar-refractivity contribution in [1.82, 2.24) is 4.90 Å². The Morgan fingerprint density at radius 2 is 1.70 bits per heavy atom. The van der Waals surface area contributed by atoms with E-state index in [2.05, 4.69) is 25.9 Å². The third kappa shape index (κ3) is 42.4. The SMILES string of the molecule is CCCN(C)C.O=[PH](O)O. The summed E-state index contributed by atoms with van der Waals surface area (Å²) in [5.74, 6) is 0. The first-order valence-corrected chi connectivity index (χ1v) is 4.37. The van der Waals surface area contributed by atoms with Crippen LogP contribution in [0.3, 0.4) is 0 Å². The average Bonchev–Trinajstić information content (AvgIpc) is 1.62. The maximum Gasteiger partial charge on any atom is 0.314 e. The van der Waals surface area contributed by atoms with Crippen LogP contribution in [0.5, 0.6) is 0 Å². The summed E-state index contributed by atoms with van der Waals surface area (Å²) < 4.78 is 8.74. The lowest BCUT2D eigenvalue weighted by Crippen LogP contribution is -2.11. The highest BCUT2D eigenvalue weighted by molar-refractivity contribution is 7.30. The molecular formula is C5H16NO3P. The average molecular weight is 169 g/mol. The van der Waals surface area contributed by atoms with Crippen molar-refractivity contribution in [2.24, 2.45) is 0 Å². The third-order valence-corrected chi connectivity index (χ3v) is 0.671. The Bertz CT molecular complexity index is 83.0. The molecule has 0 aliphatic rings. The summed E-state index contributed by atoms with van der Waals surface area (Å²) >= 11 is 0. The fraction of sp³-hybridized carbons (Fsp3) is 1.00. The van der Waals surface area contributed by atoms with E-state index in [-0.39, 0.29) is 0 Å². The highest BCUT2D eigenvalue weighted by Crippen LogP contribution is 1.98. The summed E-state index contributed by atoms with van der Waals surface area (Å²) in [7, 11) is 1.04. The quantitative estimate of drug-likeness (QED) is 0.584. The van der Waals surface area contributed by atoms with E-state index in [1.54, 1.807) is 0 Å². The van der Waals surface area contributed by atoms with Crippen LogP contribution in [-0.2, 0) is 4.57 Å². The minimum atomic E-state index is -3.13. The molecule has 0 aromatic heterocycles. The van der Waals surface area contributed by atoms with Crippen molar-refractivity contribution in [1.29, 1.82) is 0 Å². The summed E-state index contributed by atoms with van der Waals surface area (Å²) in [5.41, 5.74) is 0. The van der Waals surface area contributed by atoms with Gasteiger partial charge in [-0.25, -0.2) is 0 Å². The molecule has 10 heavy (non-hydrogen) atoms. The molecule has 0 saturated heterocycles. The maximum absolute atomic E-state index is 8.74. The van der Waals surface area contributed by atoms with Crippen LogP contribution < -0.4 is 0 Å². The van der Waals surface area contributed by atoms with Gasteiger partial charge in [-0.2, -0.15) is 0 Å². The zero-order valence-electron chi connectivity index (χ0n) is 6.66. The smallest absolute Gasteiger partial charge is 0.314 e. The monoisotopic (exact) mass is 169 g/mol. The first-order chi connectivity index (χ1) is 4.50. The van der Waals surface area contributed by atoms with Crippen LogP contribution in [0.4, 0.5) is 0 Å². The van der Waals surface area contributed by atoms with E-state index in [1.807, 2.05) is 0 Å². The lowest BCUT2D eigenvalue weighted by molar-refractivity contribution is 0.405. The molecule has 4 nitrogen and oxygen atoms in total. The van der Waals surface area contributed by atoms with Crippen LogP contribution in [0.1, 0.15) is 13.3 Å². The Hall–Kier alpha value is 0.110. The summed E-state index contributed by atoms with van der Waals surface area (Å²) in [5, 5.41) is 0. The first-order valence-electron chi connectivity index (χ1n) is 3.07. The maximum atomic E-state index is 8.74. The van der Waals surface area contributed by atoms with Crippen molar-refractivity contribution in [3.8, 4) is 0 Å². The predicted molar refractivity (Wildman–Crippen MR) is 42.3 cm³/mol. The normalized spacial score (nSPS) is 9.50. The Morgan fingerprint density at radius 1 is 1.40 bits per heavy atom. The Labute approximate surface area is 62.4 Å². The number of hydrogen-bond acceptors (Lipinski definition) is 2. The molecule has 0 saturated carbocycles. The number of hydrogen-bond donors (Lipinski definition) is 2. The zero-order chi connectivity index (χ0) is 8.57. The van der Waals surface area contributed by atoms with E-state index in [4.69, 9.17) is 14.4 Å². The molecule has 0 unspecified atom stereocenters. The van der Waals surface area contributed by atoms with Crippen LogP contribution in [-0.4, -0.2) is 35.3 Å². The van der Waals surface area contributed by atoms with Gasteiger partial charge in [0.05, 0.1) is 0 Å². The fourth-order valence-electron chi connectivity index (χ4n) is 0.447. The van der Waals surface area contributed by atoms with Crippen molar-refractivity contribution in [3.63, 3.8) is 0 Å². The van der Waals surface area contributed by atoms with Crippen molar-refractivity contribution in [2.45, 2.75) is 13.3 Å². The van der Waals surface area contributed by atoms with Gasteiger partial charge in [0.1, 0.15) is 0 Å². The molecular weight excluding hydrogens is 153 g/mol. The molecule has 0 spiro atoms. The third-order valence-electron chi connectivity index (χ3n) is 0.671. The molecule has 2 N–H and O–H groups in total. The fourth-order valence-corrected chi connectivity index (χ4v) is 0.447. The summed E-state index contributed by atoms with van der Waals surface area (Å²) in [6, 6.07) is 0. The van der Waals surface area contributed by atoms with Crippen molar-refractivity contribution in [3.05, 3.63) is 0 Å². The van der Waals surface area contributed by atoms with E-state index in [0.717, 1.165) is 0 Å². The lowest BCUT2D eigenvalue weighted by Gasteiger charge is -2.03. The van der Waals surface area contributed by atoms with E-state index >= 15 is 0 Å². The van der Waals surface area contributed by atoms with Gasteiger partial charge in [-0.1, -0.05) is 6.92 Å². The standard InChI is InChI=1S/C5H13N.H3O3P/c1-4-5-6(2)3;1-4(2)3/h4-5H2,1-3H3;4H,(H2,1,2,3). The van der Waals surface area contributed by atoms with Gasteiger partial charge in [-0.15, -0.1) is 0 Å². The minimum Gasteiger partial charge on any atom is -0.326 e. The first kappa shape index (κ1) is 12.8. The Morgan fingerprint density at radius 3 is 1.70 bits per heavy atom. The van der Waals surface area contributed by atoms with Crippen LogP contribution in [0.15, 0.2) is 0 Å². The van der Waals surface area contributed by atoms with Crippen LogP contribution in [0.2, 0.25) is 0 Å². The van der Waals surface area contributed by atoms with E-state index in [1.165, 1.54) is 13.0 Å². The van der Waals surface area contributed by atoms with Crippen LogP contribution in [0.25, 0.3) is 0 Å². The molecule has 5 heteroatoms. The minimum absolute atomic E-state index is 1.21. The second-order valence-electron chi connectivity index (χ2n) is 2.09. The predicted octanol–water partition coefficient (Wildman–Crippen LogP) is 0.319. The van der Waals surface area contributed by atoms with Gasteiger partial charge in [0, 0.05) is 0 Å². The van der Waals surface area contributed by atoms with Crippen molar-refractivity contribution < 1.29 is 14.4 Å². The molecule has 0 atom stereocenters. The largest absolute Gasteiger partial charge is 0.326 e. The van der Waals surface area contributed by atoms with Crippen molar-refractivity contribution in [2.75, 3.05) is 20.6 Å². The van der Waals surface area contributed by atoms with E-state index in [0.29, 0.717) is 0 Å². The molecule has 0 rings (SSSR count). The summed E-state index contributed by atoms with van der Waals surface area (Å²) in [6.45, 7) is 3.39. The number of nitrogens with zero attached hydrogens (tertiary/aromatic N) is 1. The molecule has 0 aliphatic carbocycles. The second kappa shape index (κ2) is 9.11. The second-order valence-corrected chi connectivity index (χ2v) is 2.65. The Balaban J connectivity index is 0. The molecule has 0 bridgehead atoms. The van der Waals surface area contributed by atoms with Gasteiger partial charge in [-0.3, -0.25) is 4.57 Å². The summed E-state index contributed by atoms with van der Waals surface area (Å²) in [6.07, 6.45) is 1.26. The zero-order valence-corrected chi connectivity index (χ0v) is 7.66.